The number of anilines is 1. The minimum atomic E-state index is -0.450. The van der Waals surface area contributed by atoms with Crippen molar-refractivity contribution >= 4 is 22.6 Å². The largest absolute Gasteiger partial charge is 0.360 e. The van der Waals surface area contributed by atoms with Gasteiger partial charge in [0.2, 0.25) is 5.91 Å². The highest BCUT2D eigenvalue weighted by atomic mass is 16.5. The van der Waals surface area contributed by atoms with Crippen molar-refractivity contribution in [1.29, 1.82) is 0 Å². The summed E-state index contributed by atoms with van der Waals surface area (Å²) in [6.07, 6.45) is 0. The third-order valence-corrected chi connectivity index (χ3v) is 3.98. The molecule has 0 unspecified atom stereocenters. The van der Waals surface area contributed by atoms with E-state index in [1.54, 1.807) is 50.1 Å². The molecule has 1 aromatic carbocycles. The van der Waals surface area contributed by atoms with Gasteiger partial charge >= 0.3 is 0 Å². The number of para-hydroxylation sites is 1. The van der Waals surface area contributed by atoms with Crippen molar-refractivity contribution < 1.29 is 9.32 Å². The van der Waals surface area contributed by atoms with Crippen LogP contribution < -0.4 is 10.9 Å². The molecule has 2 heterocycles. The van der Waals surface area contributed by atoms with Crippen LogP contribution in [-0.4, -0.2) is 39.0 Å². The van der Waals surface area contributed by atoms with Crippen LogP contribution in [0.3, 0.4) is 0 Å². The van der Waals surface area contributed by atoms with Crippen LogP contribution in [0.4, 0.5) is 5.82 Å². The maximum Gasteiger partial charge on any atom is 0.258 e. The Morgan fingerprint density at radius 1 is 1.40 bits per heavy atom. The van der Waals surface area contributed by atoms with E-state index in [4.69, 9.17) is 4.52 Å². The Morgan fingerprint density at radius 3 is 2.88 bits per heavy atom. The fourth-order valence-electron chi connectivity index (χ4n) is 2.44. The van der Waals surface area contributed by atoms with Crippen LogP contribution in [0.1, 0.15) is 18.5 Å². The number of hydrogen-bond acceptors (Lipinski definition) is 6. The molecule has 8 nitrogen and oxygen atoms in total. The molecule has 0 saturated heterocycles. The molecule has 0 saturated carbocycles. The molecule has 0 spiro atoms. The maximum atomic E-state index is 12.3. The molecule has 0 aliphatic heterocycles. The van der Waals surface area contributed by atoms with E-state index in [2.05, 4.69) is 20.4 Å². The summed E-state index contributed by atoms with van der Waals surface area (Å²) >= 11 is 0. The lowest BCUT2D eigenvalue weighted by atomic mass is 10.2. The summed E-state index contributed by atoms with van der Waals surface area (Å²) in [7, 11) is 1.79. The molecule has 0 radical (unpaired) electrons. The molecule has 3 rings (SSSR count). The van der Waals surface area contributed by atoms with Crippen molar-refractivity contribution in [1.82, 2.24) is 20.0 Å². The Hall–Kier alpha value is -3.00. The third-order valence-electron chi connectivity index (χ3n) is 3.98. The number of likely N-dealkylation sites (N-methyl/N-ethyl adjacent to an activating group) is 1. The average molecular weight is 341 g/mol. The highest BCUT2D eigenvalue weighted by molar-refractivity contribution is 5.93. The summed E-state index contributed by atoms with van der Waals surface area (Å²) in [6, 6.07) is 8.34. The van der Waals surface area contributed by atoms with E-state index < -0.39 is 6.04 Å². The van der Waals surface area contributed by atoms with Gasteiger partial charge in [-0.3, -0.25) is 14.5 Å². The first-order chi connectivity index (χ1) is 11.9. The first-order valence-electron chi connectivity index (χ1n) is 7.86. The topological polar surface area (TPSA) is 104 Å². The van der Waals surface area contributed by atoms with Crippen molar-refractivity contribution in [2.24, 2.45) is 0 Å². The fourth-order valence-corrected chi connectivity index (χ4v) is 2.44. The molecule has 0 bridgehead atoms. The van der Waals surface area contributed by atoms with E-state index in [1.165, 1.54) is 0 Å². The SMILES string of the molecule is Cc1cc(NC(=O)[C@@H](C)N(C)Cc2nc3ccccc3c(=O)[nH]2)no1. The van der Waals surface area contributed by atoms with Crippen LogP contribution in [0.5, 0.6) is 0 Å². The number of hydrogen-bond donors (Lipinski definition) is 2. The van der Waals surface area contributed by atoms with E-state index in [-0.39, 0.29) is 11.5 Å². The number of amides is 1. The van der Waals surface area contributed by atoms with E-state index >= 15 is 0 Å². The van der Waals surface area contributed by atoms with Gasteiger partial charge in [-0.05, 0) is 33.0 Å². The number of aromatic amines is 1. The van der Waals surface area contributed by atoms with Crippen LogP contribution in [0, 0.1) is 6.92 Å². The Bertz CT molecular complexity index is 962. The number of rotatable bonds is 5. The van der Waals surface area contributed by atoms with Crippen molar-refractivity contribution in [2.75, 3.05) is 12.4 Å². The van der Waals surface area contributed by atoms with Crippen LogP contribution in [0.15, 0.2) is 39.6 Å². The number of H-pyrrole nitrogens is 1. The second-order valence-electron chi connectivity index (χ2n) is 5.93. The number of carbonyl (C=O) groups is 1. The number of aromatic nitrogens is 3. The lowest BCUT2D eigenvalue weighted by Crippen LogP contribution is -2.39. The standard InChI is InChI=1S/C17H19N5O3/c1-10-8-14(21-25-10)19-16(23)11(2)22(3)9-15-18-13-7-5-4-6-12(13)17(24)20-15/h4-8,11H,9H2,1-3H3,(H,18,20,24)(H,19,21,23)/t11-/m1/s1. The number of carbonyl (C=O) groups excluding carboxylic acids is 1. The number of benzene rings is 1. The van der Waals surface area contributed by atoms with Crippen molar-refractivity contribution in [3.8, 4) is 0 Å². The highest BCUT2D eigenvalue weighted by Crippen LogP contribution is 2.11. The molecule has 2 N–H and O–H groups in total. The van der Waals surface area contributed by atoms with Gasteiger partial charge in [-0.1, -0.05) is 17.3 Å². The summed E-state index contributed by atoms with van der Waals surface area (Å²) in [6.45, 7) is 3.84. The summed E-state index contributed by atoms with van der Waals surface area (Å²) < 4.78 is 4.93. The summed E-state index contributed by atoms with van der Waals surface area (Å²) in [5.41, 5.74) is 0.439. The van der Waals surface area contributed by atoms with E-state index in [9.17, 15) is 9.59 Å². The number of fused-ring (bicyclic) bond motifs is 1. The molecule has 3 aromatic rings. The normalized spacial score (nSPS) is 12.5. The van der Waals surface area contributed by atoms with Gasteiger partial charge in [0.15, 0.2) is 5.82 Å². The zero-order chi connectivity index (χ0) is 18.0. The molecular weight excluding hydrogens is 322 g/mol. The number of aryl methyl sites for hydroxylation is 1. The third kappa shape index (κ3) is 3.74. The molecule has 130 valence electrons. The average Bonchev–Trinajstić information content (AvgIpc) is 2.99. The predicted molar refractivity (Wildman–Crippen MR) is 93.2 cm³/mol. The van der Waals surface area contributed by atoms with Gasteiger partial charge in [0.25, 0.3) is 5.56 Å². The first-order valence-corrected chi connectivity index (χ1v) is 7.86. The number of nitrogens with one attached hydrogen (secondary N) is 2. The Labute approximate surface area is 143 Å². The monoisotopic (exact) mass is 341 g/mol. The van der Waals surface area contributed by atoms with Gasteiger partial charge in [-0.15, -0.1) is 0 Å². The van der Waals surface area contributed by atoms with E-state index in [0.717, 1.165) is 0 Å². The molecule has 1 atom stereocenters. The minimum Gasteiger partial charge on any atom is -0.360 e. The summed E-state index contributed by atoms with van der Waals surface area (Å²) in [5.74, 6) is 1.27. The lowest BCUT2D eigenvalue weighted by Gasteiger charge is -2.22. The molecule has 0 aliphatic carbocycles. The maximum absolute atomic E-state index is 12.3. The predicted octanol–water partition coefficient (Wildman–Crippen LogP) is 1.68. The van der Waals surface area contributed by atoms with Crippen molar-refractivity contribution in [3.05, 3.63) is 52.3 Å². The van der Waals surface area contributed by atoms with Gasteiger partial charge in [0, 0.05) is 6.07 Å². The molecule has 2 aromatic heterocycles. The molecule has 0 aliphatic rings. The molecule has 1 amide bonds. The van der Waals surface area contributed by atoms with Crippen molar-refractivity contribution in [3.63, 3.8) is 0 Å². The van der Waals surface area contributed by atoms with Crippen molar-refractivity contribution in [2.45, 2.75) is 26.4 Å². The Kier molecular flexibility index (Phi) is 4.62. The minimum absolute atomic E-state index is 0.191. The van der Waals surface area contributed by atoms with Crippen LogP contribution in [0.25, 0.3) is 10.9 Å². The smallest absolute Gasteiger partial charge is 0.258 e. The molecular formula is C17H19N5O3. The van der Waals surface area contributed by atoms with Gasteiger partial charge < -0.3 is 14.8 Å². The van der Waals surface area contributed by atoms with Crippen LogP contribution >= 0.6 is 0 Å². The van der Waals surface area contributed by atoms with Gasteiger partial charge in [-0.2, -0.15) is 0 Å². The van der Waals surface area contributed by atoms with E-state index in [1.807, 2.05) is 6.07 Å². The van der Waals surface area contributed by atoms with Gasteiger partial charge in [0.1, 0.15) is 11.6 Å². The fraction of sp³-hybridized carbons (Fsp3) is 0.294. The van der Waals surface area contributed by atoms with Gasteiger partial charge in [0.05, 0.1) is 23.5 Å². The Morgan fingerprint density at radius 2 is 2.16 bits per heavy atom. The quantitative estimate of drug-likeness (QED) is 0.732. The highest BCUT2D eigenvalue weighted by Gasteiger charge is 2.20. The lowest BCUT2D eigenvalue weighted by molar-refractivity contribution is -0.120. The zero-order valence-electron chi connectivity index (χ0n) is 14.2. The van der Waals surface area contributed by atoms with E-state index in [0.29, 0.717) is 34.9 Å². The molecule has 25 heavy (non-hydrogen) atoms. The second kappa shape index (κ2) is 6.86. The molecule has 0 fully saturated rings. The summed E-state index contributed by atoms with van der Waals surface area (Å²) in [4.78, 5) is 33.4. The van der Waals surface area contributed by atoms with Crippen LogP contribution in [0.2, 0.25) is 0 Å². The first kappa shape index (κ1) is 16.8. The molecule has 8 heteroatoms. The van der Waals surface area contributed by atoms with Gasteiger partial charge in [-0.25, -0.2) is 4.98 Å². The Balaban J connectivity index is 1.71. The van der Waals surface area contributed by atoms with Crippen LogP contribution in [-0.2, 0) is 11.3 Å². The second-order valence-corrected chi connectivity index (χ2v) is 5.93. The summed E-state index contributed by atoms with van der Waals surface area (Å²) in [5, 5.41) is 6.98. The zero-order valence-corrected chi connectivity index (χ0v) is 14.2. The number of nitrogens with zero attached hydrogens (tertiary/aromatic N) is 3.